The number of rotatable bonds is 7. The van der Waals surface area contributed by atoms with Crippen LogP contribution in [0.15, 0.2) is 11.4 Å². The van der Waals surface area contributed by atoms with Gasteiger partial charge in [-0.15, -0.1) is 11.3 Å². The lowest BCUT2D eigenvalue weighted by Gasteiger charge is -2.34. The van der Waals surface area contributed by atoms with Gasteiger partial charge in [-0.3, -0.25) is 9.69 Å². The van der Waals surface area contributed by atoms with E-state index in [1.54, 1.807) is 11.4 Å². The molecule has 1 N–H and O–H groups in total. The molecular formula is C16H25N3O3S. The third kappa shape index (κ3) is 5.30. The average molecular weight is 339 g/mol. The lowest BCUT2D eigenvalue weighted by Crippen LogP contribution is -2.48. The van der Waals surface area contributed by atoms with Crippen molar-refractivity contribution in [3.05, 3.63) is 16.3 Å². The van der Waals surface area contributed by atoms with E-state index in [1.165, 1.54) is 31.3 Å². The number of thiophene rings is 1. The van der Waals surface area contributed by atoms with Gasteiger partial charge < -0.3 is 15.0 Å². The fraction of sp³-hybridized carbons (Fsp3) is 0.625. The summed E-state index contributed by atoms with van der Waals surface area (Å²) in [5.41, 5.74) is 0.536. The molecule has 2 rings (SSSR count). The fourth-order valence-electron chi connectivity index (χ4n) is 2.60. The third-order valence-corrected chi connectivity index (χ3v) is 4.86. The molecule has 0 atom stereocenters. The molecule has 0 aromatic carbocycles. The van der Waals surface area contributed by atoms with Gasteiger partial charge in [0, 0.05) is 26.2 Å². The molecular weight excluding hydrogens is 314 g/mol. The minimum atomic E-state index is -0.417. The van der Waals surface area contributed by atoms with Gasteiger partial charge in [0.05, 0.1) is 19.3 Å². The Bertz CT molecular complexity index is 524. The highest BCUT2D eigenvalue weighted by Gasteiger charge is 2.20. The summed E-state index contributed by atoms with van der Waals surface area (Å²) >= 11 is 1.27. The highest BCUT2D eigenvalue weighted by atomic mass is 32.1. The molecule has 1 fully saturated rings. The first-order chi connectivity index (χ1) is 11.1. The number of esters is 1. The minimum Gasteiger partial charge on any atom is -0.465 e. The van der Waals surface area contributed by atoms with E-state index in [0.717, 1.165) is 32.7 Å². The second kappa shape index (κ2) is 9.00. The number of carbonyl (C=O) groups is 2. The first-order valence-corrected chi connectivity index (χ1v) is 8.92. The van der Waals surface area contributed by atoms with E-state index in [1.807, 2.05) is 0 Å². The van der Waals surface area contributed by atoms with Crippen molar-refractivity contribution >= 4 is 28.9 Å². The summed E-state index contributed by atoms with van der Waals surface area (Å²) in [5.74, 6) is -0.504. The summed E-state index contributed by atoms with van der Waals surface area (Å²) in [7, 11) is 1.34. The number of ether oxygens (including phenoxy) is 1. The van der Waals surface area contributed by atoms with Gasteiger partial charge in [0.25, 0.3) is 0 Å². The molecule has 0 spiro atoms. The van der Waals surface area contributed by atoms with Crippen molar-refractivity contribution in [1.82, 2.24) is 9.80 Å². The number of piperazine rings is 1. The van der Waals surface area contributed by atoms with Crippen LogP contribution in [0.3, 0.4) is 0 Å². The molecule has 7 heteroatoms. The van der Waals surface area contributed by atoms with Crippen molar-refractivity contribution < 1.29 is 14.3 Å². The Labute approximate surface area is 141 Å². The second-order valence-electron chi connectivity index (χ2n) is 5.67. The number of nitrogens with one attached hydrogen (secondary N) is 1. The lowest BCUT2D eigenvalue weighted by molar-refractivity contribution is -0.117. The van der Waals surface area contributed by atoms with E-state index in [0.29, 0.717) is 17.1 Å². The molecule has 1 aromatic heterocycles. The number of methoxy groups -OCH3 is 1. The highest BCUT2D eigenvalue weighted by Crippen LogP contribution is 2.23. The second-order valence-corrected chi connectivity index (χ2v) is 6.59. The molecule has 1 aliphatic rings. The van der Waals surface area contributed by atoms with Crippen molar-refractivity contribution in [2.45, 2.75) is 19.8 Å². The normalized spacial score (nSPS) is 16.3. The van der Waals surface area contributed by atoms with Crippen LogP contribution in [0.2, 0.25) is 0 Å². The van der Waals surface area contributed by atoms with Crippen molar-refractivity contribution in [1.29, 1.82) is 0 Å². The molecule has 0 aliphatic carbocycles. The van der Waals surface area contributed by atoms with E-state index in [4.69, 9.17) is 4.74 Å². The van der Waals surface area contributed by atoms with Gasteiger partial charge in [-0.2, -0.15) is 0 Å². The maximum atomic E-state index is 12.2. The van der Waals surface area contributed by atoms with Crippen molar-refractivity contribution in [3.63, 3.8) is 0 Å². The topological polar surface area (TPSA) is 61.9 Å². The highest BCUT2D eigenvalue weighted by molar-refractivity contribution is 7.12. The van der Waals surface area contributed by atoms with Crippen molar-refractivity contribution in [2.75, 3.05) is 51.7 Å². The van der Waals surface area contributed by atoms with Crippen LogP contribution in [0.5, 0.6) is 0 Å². The zero-order chi connectivity index (χ0) is 16.7. The Morgan fingerprint density at radius 2 is 1.96 bits per heavy atom. The lowest BCUT2D eigenvalue weighted by atomic mass is 10.2. The quantitative estimate of drug-likeness (QED) is 0.769. The predicted octanol–water partition coefficient (Wildman–Crippen LogP) is 1.89. The van der Waals surface area contributed by atoms with Crippen molar-refractivity contribution in [2.24, 2.45) is 0 Å². The van der Waals surface area contributed by atoms with E-state index in [-0.39, 0.29) is 5.91 Å². The van der Waals surface area contributed by atoms with Crippen LogP contribution in [0.4, 0.5) is 5.69 Å². The van der Waals surface area contributed by atoms with Crippen LogP contribution in [-0.4, -0.2) is 68.1 Å². The number of amides is 1. The zero-order valence-corrected chi connectivity index (χ0v) is 14.7. The average Bonchev–Trinajstić information content (AvgIpc) is 3.01. The molecule has 0 unspecified atom stereocenters. The molecule has 1 amide bonds. The first-order valence-electron chi connectivity index (χ1n) is 8.04. The molecule has 0 saturated carbocycles. The molecule has 1 saturated heterocycles. The molecule has 0 radical (unpaired) electrons. The summed E-state index contributed by atoms with van der Waals surface area (Å²) < 4.78 is 4.72. The third-order valence-electron chi connectivity index (χ3n) is 3.97. The van der Waals surface area contributed by atoms with Crippen LogP contribution in [0.25, 0.3) is 0 Å². The molecule has 128 valence electrons. The molecule has 0 bridgehead atoms. The Kier molecular flexibility index (Phi) is 7.01. The van der Waals surface area contributed by atoms with Crippen LogP contribution in [-0.2, 0) is 9.53 Å². The predicted molar refractivity (Wildman–Crippen MR) is 92.1 cm³/mol. The molecule has 1 aromatic rings. The molecule has 6 nitrogen and oxygen atoms in total. The Morgan fingerprint density at radius 1 is 1.26 bits per heavy atom. The van der Waals surface area contributed by atoms with Crippen LogP contribution in [0, 0.1) is 0 Å². The summed E-state index contributed by atoms with van der Waals surface area (Å²) in [6.45, 7) is 7.55. The molecule has 2 heterocycles. The van der Waals surface area contributed by atoms with Crippen molar-refractivity contribution in [3.8, 4) is 0 Å². The maximum absolute atomic E-state index is 12.2. The summed E-state index contributed by atoms with van der Waals surface area (Å²) in [5, 5.41) is 4.59. The SMILES string of the molecule is CCCCN1CCN(CC(=O)Nc2ccsc2C(=O)OC)CC1. The Morgan fingerprint density at radius 3 is 2.61 bits per heavy atom. The Hall–Kier alpha value is -1.44. The zero-order valence-electron chi connectivity index (χ0n) is 13.8. The van der Waals surface area contributed by atoms with Crippen LogP contribution < -0.4 is 5.32 Å². The van der Waals surface area contributed by atoms with Gasteiger partial charge in [0.15, 0.2) is 0 Å². The Balaban J connectivity index is 1.78. The maximum Gasteiger partial charge on any atom is 0.350 e. The number of anilines is 1. The van der Waals surface area contributed by atoms with Gasteiger partial charge in [0.2, 0.25) is 5.91 Å². The van der Waals surface area contributed by atoms with Gasteiger partial charge in [-0.05, 0) is 24.4 Å². The molecule has 1 aliphatic heterocycles. The largest absolute Gasteiger partial charge is 0.465 e. The fourth-order valence-corrected chi connectivity index (χ4v) is 3.37. The molecule has 23 heavy (non-hydrogen) atoms. The number of hydrogen-bond acceptors (Lipinski definition) is 6. The summed E-state index contributed by atoms with van der Waals surface area (Å²) in [6.07, 6.45) is 2.45. The standard InChI is InChI=1S/C16H25N3O3S/c1-3-4-6-18-7-9-19(10-8-18)12-14(20)17-13-5-11-23-15(13)16(21)22-2/h5,11H,3-4,6-10,12H2,1-2H3,(H,17,20). The van der Waals surface area contributed by atoms with E-state index >= 15 is 0 Å². The summed E-state index contributed by atoms with van der Waals surface area (Å²) in [4.78, 5) is 28.8. The smallest absolute Gasteiger partial charge is 0.350 e. The van der Waals surface area contributed by atoms with Gasteiger partial charge in [-0.1, -0.05) is 13.3 Å². The number of nitrogens with zero attached hydrogens (tertiary/aromatic N) is 2. The van der Waals surface area contributed by atoms with E-state index in [2.05, 4.69) is 22.0 Å². The van der Waals surface area contributed by atoms with Gasteiger partial charge in [0.1, 0.15) is 4.88 Å². The van der Waals surface area contributed by atoms with Crippen LogP contribution >= 0.6 is 11.3 Å². The number of unbranched alkanes of at least 4 members (excludes halogenated alkanes) is 1. The van der Waals surface area contributed by atoms with E-state index in [9.17, 15) is 9.59 Å². The van der Waals surface area contributed by atoms with Crippen LogP contribution in [0.1, 0.15) is 29.4 Å². The first kappa shape index (κ1) is 17.9. The van der Waals surface area contributed by atoms with E-state index < -0.39 is 5.97 Å². The summed E-state index contributed by atoms with van der Waals surface area (Å²) in [6, 6.07) is 1.73. The number of hydrogen-bond donors (Lipinski definition) is 1. The van der Waals surface area contributed by atoms with Gasteiger partial charge >= 0.3 is 5.97 Å². The number of carbonyl (C=O) groups excluding carboxylic acids is 2. The monoisotopic (exact) mass is 339 g/mol. The minimum absolute atomic E-state index is 0.0874. The van der Waals surface area contributed by atoms with Gasteiger partial charge in [-0.25, -0.2) is 4.79 Å².